The molecule has 0 aliphatic carbocycles. The number of nitrogens with two attached hydrogens (primary N) is 1. The highest BCUT2D eigenvalue weighted by atomic mass is 19.4. The van der Waals surface area contributed by atoms with Crippen molar-refractivity contribution in [3.8, 4) is 12.1 Å². The highest BCUT2D eigenvalue weighted by Gasteiger charge is 2.47. The molecule has 0 unspecified atom stereocenters. The predicted molar refractivity (Wildman–Crippen MR) is 50.2 cm³/mol. The SMILES string of the molecule is N#Cc1c(N)c(C#N)c(C(F)(F)F)c(F)c1C(F)(F)F. The Balaban J connectivity index is 4.07. The van der Waals surface area contributed by atoms with Gasteiger partial charge in [-0.1, -0.05) is 0 Å². The van der Waals surface area contributed by atoms with E-state index < -0.39 is 46.1 Å². The molecular formula is C10H2F7N3. The minimum Gasteiger partial charge on any atom is -0.397 e. The van der Waals surface area contributed by atoms with E-state index in [1.165, 1.54) is 0 Å². The lowest BCUT2D eigenvalue weighted by Crippen LogP contribution is -2.21. The van der Waals surface area contributed by atoms with Gasteiger partial charge in [-0.3, -0.25) is 0 Å². The van der Waals surface area contributed by atoms with Crippen LogP contribution in [0.25, 0.3) is 0 Å². The summed E-state index contributed by atoms with van der Waals surface area (Å²) in [7, 11) is 0. The Bertz CT molecular complexity index is 590. The van der Waals surface area contributed by atoms with E-state index in [1.807, 2.05) is 0 Å². The number of hydrogen-bond donors (Lipinski definition) is 1. The molecule has 0 aliphatic rings. The van der Waals surface area contributed by atoms with Crippen molar-refractivity contribution in [3.05, 3.63) is 28.1 Å². The lowest BCUT2D eigenvalue weighted by Gasteiger charge is -2.18. The van der Waals surface area contributed by atoms with Crippen LogP contribution in [0.3, 0.4) is 0 Å². The standard InChI is InChI=1S/C10H2F7N3/c11-7-5(9(12,13)14)3(1-18)8(20)4(2-19)6(7)10(15,16)17/h20H2. The molecule has 0 fully saturated rings. The zero-order chi connectivity index (χ0) is 15.9. The predicted octanol–water partition coefficient (Wildman–Crippen LogP) is 3.19. The summed E-state index contributed by atoms with van der Waals surface area (Å²) >= 11 is 0. The van der Waals surface area contributed by atoms with Gasteiger partial charge in [0.25, 0.3) is 0 Å². The van der Waals surface area contributed by atoms with E-state index in [-0.39, 0.29) is 0 Å². The van der Waals surface area contributed by atoms with Gasteiger partial charge in [0.1, 0.15) is 23.3 Å². The first kappa shape index (κ1) is 15.6. The molecule has 0 saturated carbocycles. The summed E-state index contributed by atoms with van der Waals surface area (Å²) in [6, 6.07) is 1.72. The Kier molecular flexibility index (Phi) is 3.55. The highest BCUT2D eigenvalue weighted by molar-refractivity contribution is 5.70. The fourth-order valence-electron chi connectivity index (χ4n) is 1.50. The van der Waals surface area contributed by atoms with Crippen molar-refractivity contribution >= 4 is 5.69 Å². The Morgan fingerprint density at radius 2 is 1.10 bits per heavy atom. The second kappa shape index (κ2) is 4.56. The average molecular weight is 297 g/mol. The van der Waals surface area contributed by atoms with Gasteiger partial charge in [-0.05, 0) is 0 Å². The van der Waals surface area contributed by atoms with Gasteiger partial charge in [0.2, 0.25) is 0 Å². The van der Waals surface area contributed by atoms with Crippen molar-refractivity contribution in [2.75, 3.05) is 5.73 Å². The van der Waals surface area contributed by atoms with Crippen LogP contribution in [-0.2, 0) is 12.4 Å². The summed E-state index contributed by atoms with van der Waals surface area (Å²) < 4.78 is 89.0. The van der Waals surface area contributed by atoms with Gasteiger partial charge in [0.05, 0.1) is 16.8 Å². The molecular weight excluding hydrogens is 295 g/mol. The normalized spacial score (nSPS) is 11.8. The maximum atomic E-state index is 13.5. The van der Waals surface area contributed by atoms with Crippen LogP contribution in [0.15, 0.2) is 0 Å². The van der Waals surface area contributed by atoms with Crippen molar-refractivity contribution in [2.24, 2.45) is 0 Å². The second-order valence-corrected chi connectivity index (χ2v) is 3.45. The molecule has 1 aromatic rings. The number of halogens is 7. The van der Waals surface area contributed by atoms with Crippen LogP contribution in [0.5, 0.6) is 0 Å². The molecule has 0 amide bonds. The third-order valence-electron chi connectivity index (χ3n) is 2.27. The summed E-state index contributed by atoms with van der Waals surface area (Å²) in [4.78, 5) is 0. The Hall–Kier alpha value is -2.49. The molecule has 0 heterocycles. The zero-order valence-electron chi connectivity index (χ0n) is 9.12. The third-order valence-corrected chi connectivity index (χ3v) is 2.27. The second-order valence-electron chi connectivity index (χ2n) is 3.45. The van der Waals surface area contributed by atoms with E-state index in [0.717, 1.165) is 12.1 Å². The zero-order valence-corrected chi connectivity index (χ0v) is 9.12. The molecule has 0 saturated heterocycles. The molecule has 20 heavy (non-hydrogen) atoms. The number of hydrogen-bond acceptors (Lipinski definition) is 3. The number of alkyl halides is 6. The van der Waals surface area contributed by atoms with E-state index in [2.05, 4.69) is 0 Å². The molecule has 0 atom stereocenters. The van der Waals surface area contributed by atoms with Gasteiger partial charge in [-0.25, -0.2) is 4.39 Å². The fraction of sp³-hybridized carbons (Fsp3) is 0.200. The van der Waals surface area contributed by atoms with E-state index in [1.54, 1.807) is 0 Å². The van der Waals surface area contributed by atoms with Gasteiger partial charge in [0, 0.05) is 0 Å². The first-order chi connectivity index (χ1) is 8.96. The molecule has 0 aromatic heterocycles. The molecule has 1 rings (SSSR count). The minimum absolute atomic E-state index is 0.861. The summed E-state index contributed by atoms with van der Waals surface area (Å²) in [5.41, 5.74) is -4.40. The number of rotatable bonds is 0. The summed E-state index contributed by atoms with van der Waals surface area (Å²) in [6.07, 6.45) is -11.1. The molecule has 0 aliphatic heterocycles. The fourth-order valence-corrected chi connectivity index (χ4v) is 1.50. The van der Waals surface area contributed by atoms with Crippen LogP contribution >= 0.6 is 0 Å². The van der Waals surface area contributed by atoms with Crippen LogP contribution in [0, 0.1) is 28.5 Å². The van der Waals surface area contributed by atoms with Gasteiger partial charge < -0.3 is 5.73 Å². The van der Waals surface area contributed by atoms with Gasteiger partial charge in [-0.15, -0.1) is 0 Å². The maximum absolute atomic E-state index is 13.5. The number of nitriles is 2. The van der Waals surface area contributed by atoms with E-state index in [0.29, 0.717) is 0 Å². The van der Waals surface area contributed by atoms with E-state index >= 15 is 0 Å². The molecule has 10 heteroatoms. The van der Waals surface area contributed by atoms with Crippen LogP contribution in [0.2, 0.25) is 0 Å². The molecule has 0 spiro atoms. The summed E-state index contributed by atoms with van der Waals surface area (Å²) in [5.74, 6) is -2.74. The highest BCUT2D eigenvalue weighted by Crippen LogP contribution is 2.44. The third kappa shape index (κ3) is 2.32. The minimum atomic E-state index is -5.57. The lowest BCUT2D eigenvalue weighted by molar-refractivity contribution is -0.147. The van der Waals surface area contributed by atoms with E-state index in [9.17, 15) is 30.7 Å². The Labute approximate surface area is 106 Å². The summed E-state index contributed by atoms with van der Waals surface area (Å²) in [6.45, 7) is 0. The molecule has 2 N–H and O–H groups in total. The van der Waals surface area contributed by atoms with Gasteiger partial charge >= 0.3 is 12.4 Å². The maximum Gasteiger partial charge on any atom is 0.420 e. The number of benzene rings is 1. The van der Waals surface area contributed by atoms with Crippen LogP contribution in [0.1, 0.15) is 22.3 Å². The largest absolute Gasteiger partial charge is 0.420 e. The molecule has 0 bridgehead atoms. The van der Waals surface area contributed by atoms with Crippen molar-refractivity contribution in [2.45, 2.75) is 12.4 Å². The Morgan fingerprint density at radius 3 is 1.30 bits per heavy atom. The molecule has 3 nitrogen and oxygen atoms in total. The Morgan fingerprint density at radius 1 is 0.800 bits per heavy atom. The molecule has 1 aromatic carbocycles. The first-order valence-electron chi connectivity index (χ1n) is 4.56. The molecule has 0 radical (unpaired) electrons. The lowest BCUT2D eigenvalue weighted by atomic mass is 9.95. The monoisotopic (exact) mass is 297 g/mol. The van der Waals surface area contributed by atoms with Crippen LogP contribution in [0.4, 0.5) is 36.4 Å². The van der Waals surface area contributed by atoms with Crippen molar-refractivity contribution in [1.29, 1.82) is 10.5 Å². The van der Waals surface area contributed by atoms with Gasteiger partial charge in [-0.2, -0.15) is 36.9 Å². The number of nitrogen functional groups attached to an aromatic ring is 1. The quantitative estimate of drug-likeness (QED) is 0.590. The van der Waals surface area contributed by atoms with Crippen molar-refractivity contribution < 1.29 is 30.7 Å². The van der Waals surface area contributed by atoms with E-state index in [4.69, 9.17) is 16.3 Å². The topological polar surface area (TPSA) is 73.6 Å². The van der Waals surface area contributed by atoms with Crippen LogP contribution in [-0.4, -0.2) is 0 Å². The first-order valence-corrected chi connectivity index (χ1v) is 4.56. The smallest absolute Gasteiger partial charge is 0.397 e. The molecule has 106 valence electrons. The number of anilines is 1. The van der Waals surface area contributed by atoms with Crippen molar-refractivity contribution in [3.63, 3.8) is 0 Å². The number of nitrogens with zero attached hydrogens (tertiary/aromatic N) is 2. The van der Waals surface area contributed by atoms with Gasteiger partial charge in [0.15, 0.2) is 5.82 Å². The van der Waals surface area contributed by atoms with Crippen LogP contribution < -0.4 is 5.73 Å². The average Bonchev–Trinajstić information content (AvgIpc) is 2.27. The summed E-state index contributed by atoms with van der Waals surface area (Å²) in [5, 5.41) is 17.0. The van der Waals surface area contributed by atoms with Crippen molar-refractivity contribution in [1.82, 2.24) is 0 Å².